The highest BCUT2D eigenvalue weighted by Gasteiger charge is 2.42. The molecule has 0 amide bonds. The third-order valence-electron chi connectivity index (χ3n) is 4.43. The Labute approximate surface area is 108 Å². The lowest BCUT2D eigenvalue weighted by Crippen LogP contribution is -2.27. The first-order valence-corrected chi connectivity index (χ1v) is 7.08. The fraction of sp³-hybridized carbons (Fsp3) is 0.846. The number of hydrogen-bond acceptors (Lipinski definition) is 4. The van der Waals surface area contributed by atoms with Crippen LogP contribution < -0.4 is 5.73 Å². The Morgan fingerprint density at radius 3 is 2.89 bits per heavy atom. The van der Waals surface area contributed by atoms with Crippen molar-refractivity contribution in [1.29, 1.82) is 0 Å². The van der Waals surface area contributed by atoms with Crippen LogP contribution in [-0.2, 0) is 17.7 Å². The number of nitrogen functional groups attached to an aromatic ring is 1. The molecule has 1 saturated heterocycles. The highest BCUT2D eigenvalue weighted by molar-refractivity contribution is 5.32. The number of ether oxygens (including phenoxy) is 1. The first-order valence-electron chi connectivity index (χ1n) is 7.08. The minimum atomic E-state index is 0.198. The van der Waals surface area contributed by atoms with E-state index in [9.17, 15) is 0 Å². The second kappa shape index (κ2) is 4.53. The number of anilines is 1. The van der Waals surface area contributed by atoms with E-state index in [2.05, 4.69) is 17.2 Å². The zero-order chi connectivity index (χ0) is 12.6. The van der Waals surface area contributed by atoms with E-state index in [-0.39, 0.29) is 11.7 Å². The molecule has 18 heavy (non-hydrogen) atoms. The number of rotatable bonds is 3. The van der Waals surface area contributed by atoms with Crippen molar-refractivity contribution in [2.75, 3.05) is 5.73 Å². The van der Waals surface area contributed by atoms with E-state index in [1.807, 2.05) is 4.68 Å². The highest BCUT2D eigenvalue weighted by Crippen LogP contribution is 2.43. The van der Waals surface area contributed by atoms with Crippen LogP contribution in [0.4, 0.5) is 5.82 Å². The average molecular weight is 250 g/mol. The maximum atomic E-state index is 6.29. The van der Waals surface area contributed by atoms with Crippen LogP contribution in [0, 0.1) is 0 Å². The molecule has 2 N–H and O–H groups in total. The first kappa shape index (κ1) is 12.0. The van der Waals surface area contributed by atoms with E-state index in [1.165, 1.54) is 32.1 Å². The van der Waals surface area contributed by atoms with E-state index < -0.39 is 0 Å². The van der Waals surface area contributed by atoms with Gasteiger partial charge in [-0.3, -0.25) is 0 Å². The fourth-order valence-corrected chi connectivity index (χ4v) is 3.46. The number of aromatic nitrogens is 3. The van der Waals surface area contributed by atoms with Gasteiger partial charge in [0.05, 0.1) is 23.9 Å². The number of hydrogen-bond donors (Lipinski definition) is 1. The van der Waals surface area contributed by atoms with Gasteiger partial charge in [0.25, 0.3) is 0 Å². The molecule has 2 fully saturated rings. The van der Waals surface area contributed by atoms with Crippen molar-refractivity contribution in [3.05, 3.63) is 5.69 Å². The molecule has 2 heterocycles. The predicted molar refractivity (Wildman–Crippen MR) is 69.1 cm³/mol. The Balaban J connectivity index is 1.67. The van der Waals surface area contributed by atoms with Gasteiger partial charge in [0.1, 0.15) is 0 Å². The summed E-state index contributed by atoms with van der Waals surface area (Å²) in [5.74, 6) is 0.561. The Morgan fingerprint density at radius 2 is 2.17 bits per heavy atom. The molecule has 5 nitrogen and oxygen atoms in total. The van der Waals surface area contributed by atoms with Crippen molar-refractivity contribution in [3.63, 3.8) is 0 Å². The molecule has 100 valence electrons. The van der Waals surface area contributed by atoms with Crippen LogP contribution in [0.2, 0.25) is 0 Å². The molecule has 1 spiro atoms. The van der Waals surface area contributed by atoms with Crippen molar-refractivity contribution >= 4 is 5.82 Å². The van der Waals surface area contributed by atoms with E-state index in [0.717, 1.165) is 25.1 Å². The molecule has 5 heteroatoms. The normalized spacial score (nSPS) is 26.2. The molecule has 2 aliphatic rings. The number of nitrogens with zero attached hydrogens (tertiary/aromatic N) is 3. The maximum Gasteiger partial charge on any atom is 0.169 e. The van der Waals surface area contributed by atoms with Crippen molar-refractivity contribution in [1.82, 2.24) is 15.0 Å². The first-order chi connectivity index (χ1) is 8.72. The summed E-state index contributed by atoms with van der Waals surface area (Å²) >= 11 is 0. The van der Waals surface area contributed by atoms with Crippen LogP contribution in [0.3, 0.4) is 0 Å². The Bertz CT molecular complexity index is 423. The van der Waals surface area contributed by atoms with Gasteiger partial charge in [-0.05, 0) is 32.1 Å². The molecule has 1 saturated carbocycles. The van der Waals surface area contributed by atoms with Gasteiger partial charge in [-0.15, -0.1) is 5.10 Å². The zero-order valence-corrected chi connectivity index (χ0v) is 11.1. The predicted octanol–water partition coefficient (Wildman–Crippen LogP) is 1.91. The molecule has 1 aliphatic carbocycles. The van der Waals surface area contributed by atoms with Gasteiger partial charge in [-0.25, -0.2) is 4.68 Å². The van der Waals surface area contributed by atoms with Gasteiger partial charge in [-0.2, -0.15) is 0 Å². The fourth-order valence-electron chi connectivity index (χ4n) is 3.46. The SMILES string of the molecule is CCc1c(N)nnn1CC1CCC2(CCCC2)O1. The lowest BCUT2D eigenvalue weighted by Gasteiger charge is -2.23. The lowest BCUT2D eigenvalue weighted by atomic mass is 9.98. The summed E-state index contributed by atoms with van der Waals surface area (Å²) in [5.41, 5.74) is 7.04. The molecule has 1 atom stereocenters. The average Bonchev–Trinajstić information content (AvgIpc) is 3.05. The Morgan fingerprint density at radius 1 is 1.39 bits per heavy atom. The number of nitrogens with two attached hydrogens (primary N) is 1. The van der Waals surface area contributed by atoms with Gasteiger partial charge >= 0.3 is 0 Å². The summed E-state index contributed by atoms with van der Waals surface area (Å²) in [4.78, 5) is 0. The van der Waals surface area contributed by atoms with Crippen LogP contribution in [0.25, 0.3) is 0 Å². The second-order valence-electron chi connectivity index (χ2n) is 5.63. The van der Waals surface area contributed by atoms with Crippen molar-refractivity contribution in [2.45, 2.75) is 70.1 Å². The summed E-state index contributed by atoms with van der Waals surface area (Å²) in [6.07, 6.45) is 8.64. The molecule has 1 aliphatic heterocycles. The van der Waals surface area contributed by atoms with E-state index >= 15 is 0 Å². The quantitative estimate of drug-likeness (QED) is 0.890. The van der Waals surface area contributed by atoms with E-state index in [4.69, 9.17) is 10.5 Å². The molecule has 0 bridgehead atoms. The molecule has 1 unspecified atom stereocenters. The monoisotopic (exact) mass is 250 g/mol. The summed E-state index contributed by atoms with van der Waals surface area (Å²) in [7, 11) is 0. The summed E-state index contributed by atoms with van der Waals surface area (Å²) < 4.78 is 8.22. The molecule has 3 rings (SSSR count). The second-order valence-corrected chi connectivity index (χ2v) is 5.63. The van der Waals surface area contributed by atoms with Gasteiger partial charge < -0.3 is 10.5 Å². The zero-order valence-electron chi connectivity index (χ0n) is 11.1. The van der Waals surface area contributed by atoms with Crippen LogP contribution in [-0.4, -0.2) is 26.7 Å². The van der Waals surface area contributed by atoms with Crippen molar-refractivity contribution in [3.8, 4) is 0 Å². The van der Waals surface area contributed by atoms with E-state index in [0.29, 0.717) is 5.82 Å². The van der Waals surface area contributed by atoms with Crippen molar-refractivity contribution < 1.29 is 4.74 Å². The standard InChI is InChI=1S/C13H22N4O/c1-2-11-12(14)15-16-17(11)9-10-5-8-13(18-10)6-3-4-7-13/h10H,2-9,14H2,1H3. The molecule has 1 aromatic heterocycles. The van der Waals surface area contributed by atoms with Gasteiger partial charge in [-0.1, -0.05) is 25.0 Å². The van der Waals surface area contributed by atoms with Crippen LogP contribution in [0.1, 0.15) is 51.1 Å². The van der Waals surface area contributed by atoms with E-state index in [1.54, 1.807) is 0 Å². The molecule has 0 aromatic carbocycles. The lowest BCUT2D eigenvalue weighted by molar-refractivity contribution is -0.0433. The van der Waals surface area contributed by atoms with Crippen molar-refractivity contribution in [2.24, 2.45) is 0 Å². The maximum absolute atomic E-state index is 6.29. The van der Waals surface area contributed by atoms with Crippen LogP contribution in [0.15, 0.2) is 0 Å². The summed E-state index contributed by atoms with van der Waals surface area (Å²) in [6.45, 7) is 2.88. The third kappa shape index (κ3) is 2.00. The minimum absolute atomic E-state index is 0.198. The molecular formula is C13H22N4O. The largest absolute Gasteiger partial charge is 0.381 e. The Kier molecular flexibility index (Phi) is 3.01. The smallest absolute Gasteiger partial charge is 0.169 e. The topological polar surface area (TPSA) is 66.0 Å². The third-order valence-corrected chi connectivity index (χ3v) is 4.43. The summed E-state index contributed by atoms with van der Waals surface area (Å²) in [6, 6.07) is 0. The minimum Gasteiger partial charge on any atom is -0.381 e. The molecular weight excluding hydrogens is 228 g/mol. The Hall–Kier alpha value is -1.10. The highest BCUT2D eigenvalue weighted by atomic mass is 16.5. The molecule has 1 aromatic rings. The van der Waals surface area contributed by atoms with Gasteiger partial charge in [0, 0.05) is 0 Å². The summed E-state index contributed by atoms with van der Waals surface area (Å²) in [5, 5.41) is 8.08. The van der Waals surface area contributed by atoms with Gasteiger partial charge in [0.2, 0.25) is 0 Å². The van der Waals surface area contributed by atoms with Crippen LogP contribution >= 0.6 is 0 Å². The molecule has 0 radical (unpaired) electrons. The van der Waals surface area contributed by atoms with Crippen LogP contribution in [0.5, 0.6) is 0 Å². The van der Waals surface area contributed by atoms with Gasteiger partial charge in [0.15, 0.2) is 5.82 Å².